The van der Waals surface area contributed by atoms with E-state index in [4.69, 9.17) is 11.6 Å². The molecule has 5 heteroatoms. The highest BCUT2D eigenvalue weighted by atomic mass is 35.5. The maximum Gasteiger partial charge on any atom is 0.212 e. The van der Waals surface area contributed by atoms with Crippen molar-refractivity contribution in [2.45, 2.75) is 26.2 Å². The molecule has 0 saturated carbocycles. The first-order valence-corrected chi connectivity index (χ1v) is 7.57. The van der Waals surface area contributed by atoms with Crippen molar-refractivity contribution in [3.63, 3.8) is 0 Å². The van der Waals surface area contributed by atoms with Gasteiger partial charge in [-0.1, -0.05) is 54.5 Å². The van der Waals surface area contributed by atoms with Gasteiger partial charge in [0.1, 0.15) is 5.01 Å². The minimum absolute atomic E-state index is 0.722. The predicted octanol–water partition coefficient (Wildman–Crippen LogP) is 4.45. The predicted molar refractivity (Wildman–Crippen MR) is 79.9 cm³/mol. The van der Waals surface area contributed by atoms with E-state index in [0.29, 0.717) is 0 Å². The summed E-state index contributed by atoms with van der Waals surface area (Å²) in [6.07, 6.45) is 5.34. The Hall–Kier alpha value is -1.39. The molecular formula is C14H14ClN3S. The van der Waals surface area contributed by atoms with E-state index in [9.17, 15) is 0 Å². The Bertz CT molecular complexity index is 670. The van der Waals surface area contributed by atoms with Gasteiger partial charge in [-0.05, 0) is 12.5 Å². The number of benzene rings is 1. The van der Waals surface area contributed by atoms with Gasteiger partial charge in [0.2, 0.25) is 4.96 Å². The molecule has 98 valence electrons. The van der Waals surface area contributed by atoms with Crippen molar-refractivity contribution < 1.29 is 0 Å². The molecular weight excluding hydrogens is 278 g/mol. The van der Waals surface area contributed by atoms with Crippen LogP contribution in [0.1, 0.15) is 24.8 Å². The fourth-order valence-electron chi connectivity index (χ4n) is 1.97. The van der Waals surface area contributed by atoms with Gasteiger partial charge in [-0.2, -0.15) is 5.10 Å². The van der Waals surface area contributed by atoms with Crippen molar-refractivity contribution in [2.24, 2.45) is 0 Å². The molecule has 0 atom stereocenters. The SMILES string of the molecule is CCCCc1nn2cc(-c3ccccc3Cl)nc2s1. The van der Waals surface area contributed by atoms with Crippen LogP contribution in [0.4, 0.5) is 0 Å². The number of hydrogen-bond donors (Lipinski definition) is 0. The van der Waals surface area contributed by atoms with Gasteiger partial charge >= 0.3 is 0 Å². The second-order valence-electron chi connectivity index (χ2n) is 4.43. The zero-order valence-electron chi connectivity index (χ0n) is 10.6. The summed E-state index contributed by atoms with van der Waals surface area (Å²) in [4.78, 5) is 5.54. The summed E-state index contributed by atoms with van der Waals surface area (Å²) in [5.41, 5.74) is 1.84. The molecule has 0 saturated heterocycles. The topological polar surface area (TPSA) is 30.2 Å². The molecule has 3 aromatic rings. The van der Waals surface area contributed by atoms with Crippen LogP contribution < -0.4 is 0 Å². The molecule has 0 radical (unpaired) electrons. The highest BCUT2D eigenvalue weighted by Crippen LogP contribution is 2.28. The molecule has 3 nitrogen and oxygen atoms in total. The molecule has 1 aromatic carbocycles. The van der Waals surface area contributed by atoms with Gasteiger partial charge in [0.05, 0.1) is 16.9 Å². The van der Waals surface area contributed by atoms with Crippen molar-refractivity contribution in [3.8, 4) is 11.3 Å². The highest BCUT2D eigenvalue weighted by Gasteiger charge is 2.11. The summed E-state index contributed by atoms with van der Waals surface area (Å²) in [6.45, 7) is 2.19. The molecule has 2 heterocycles. The van der Waals surface area contributed by atoms with Gasteiger partial charge in [-0.25, -0.2) is 9.50 Å². The third-order valence-electron chi connectivity index (χ3n) is 2.98. The van der Waals surface area contributed by atoms with Crippen molar-refractivity contribution in [1.82, 2.24) is 14.6 Å². The molecule has 0 N–H and O–H groups in total. The number of rotatable bonds is 4. The van der Waals surface area contributed by atoms with Crippen LogP contribution in [0.5, 0.6) is 0 Å². The fraction of sp³-hybridized carbons (Fsp3) is 0.286. The number of imidazole rings is 1. The van der Waals surface area contributed by atoms with Gasteiger partial charge < -0.3 is 0 Å². The van der Waals surface area contributed by atoms with E-state index in [1.807, 2.05) is 35.0 Å². The smallest absolute Gasteiger partial charge is 0.212 e. The van der Waals surface area contributed by atoms with Gasteiger partial charge in [0.25, 0.3) is 0 Å². The Morgan fingerprint density at radius 3 is 2.89 bits per heavy atom. The fourth-order valence-corrected chi connectivity index (χ4v) is 3.12. The molecule has 0 aliphatic heterocycles. The van der Waals surface area contributed by atoms with Crippen LogP contribution in [0.2, 0.25) is 5.02 Å². The lowest BCUT2D eigenvalue weighted by Crippen LogP contribution is -1.86. The molecule has 2 aromatic heterocycles. The lowest BCUT2D eigenvalue weighted by molar-refractivity contribution is 0.770. The van der Waals surface area contributed by atoms with Crippen LogP contribution in [-0.4, -0.2) is 14.6 Å². The summed E-state index contributed by atoms with van der Waals surface area (Å²) in [7, 11) is 0. The summed E-state index contributed by atoms with van der Waals surface area (Å²) in [5.74, 6) is 0. The standard InChI is InChI=1S/C14H14ClN3S/c1-2-3-8-13-17-18-9-12(16-14(18)19-13)10-6-4-5-7-11(10)15/h4-7,9H,2-3,8H2,1H3. The summed E-state index contributed by atoms with van der Waals surface area (Å²) in [5, 5.41) is 6.43. The van der Waals surface area contributed by atoms with Crippen molar-refractivity contribution in [1.29, 1.82) is 0 Å². The zero-order chi connectivity index (χ0) is 13.2. The maximum absolute atomic E-state index is 6.19. The minimum Gasteiger partial charge on any atom is -0.217 e. The minimum atomic E-state index is 0.722. The Balaban J connectivity index is 1.95. The summed E-state index contributed by atoms with van der Waals surface area (Å²) in [6, 6.07) is 7.75. The third kappa shape index (κ3) is 2.51. The number of halogens is 1. The number of hydrogen-bond acceptors (Lipinski definition) is 3. The van der Waals surface area contributed by atoms with Gasteiger partial charge in [0, 0.05) is 12.0 Å². The number of aryl methyl sites for hydroxylation is 1. The molecule has 0 unspecified atom stereocenters. The van der Waals surface area contributed by atoms with Gasteiger partial charge in [0.15, 0.2) is 0 Å². The first-order valence-electron chi connectivity index (χ1n) is 6.38. The van der Waals surface area contributed by atoms with Crippen LogP contribution in [0.25, 0.3) is 16.2 Å². The Morgan fingerprint density at radius 1 is 1.32 bits per heavy atom. The molecule has 0 amide bonds. The maximum atomic E-state index is 6.19. The molecule has 0 aliphatic rings. The highest BCUT2D eigenvalue weighted by molar-refractivity contribution is 7.16. The molecule has 0 spiro atoms. The van der Waals surface area contributed by atoms with Gasteiger partial charge in [-0.3, -0.25) is 0 Å². The van der Waals surface area contributed by atoms with Crippen molar-refractivity contribution in [3.05, 3.63) is 40.5 Å². The number of nitrogens with zero attached hydrogens (tertiary/aromatic N) is 3. The van der Waals surface area contributed by atoms with Gasteiger partial charge in [-0.15, -0.1) is 0 Å². The average molecular weight is 292 g/mol. The first-order chi connectivity index (χ1) is 9.28. The quantitative estimate of drug-likeness (QED) is 0.711. The number of aromatic nitrogens is 3. The lowest BCUT2D eigenvalue weighted by atomic mass is 10.2. The molecule has 0 fully saturated rings. The van der Waals surface area contributed by atoms with Crippen LogP contribution >= 0.6 is 22.9 Å². The summed E-state index contributed by atoms with van der Waals surface area (Å²) < 4.78 is 1.86. The lowest BCUT2D eigenvalue weighted by Gasteiger charge is -1.98. The van der Waals surface area contributed by atoms with E-state index in [1.165, 1.54) is 12.8 Å². The second kappa shape index (κ2) is 5.31. The van der Waals surface area contributed by atoms with Crippen molar-refractivity contribution in [2.75, 3.05) is 0 Å². The Kier molecular flexibility index (Phi) is 3.53. The van der Waals surface area contributed by atoms with Crippen molar-refractivity contribution >= 4 is 27.9 Å². The normalized spacial score (nSPS) is 11.3. The Labute approximate surface area is 120 Å². The number of fused-ring (bicyclic) bond motifs is 1. The monoisotopic (exact) mass is 291 g/mol. The van der Waals surface area contributed by atoms with E-state index >= 15 is 0 Å². The van der Waals surface area contributed by atoms with E-state index in [-0.39, 0.29) is 0 Å². The molecule has 0 aliphatic carbocycles. The van der Waals surface area contributed by atoms with Crippen LogP contribution in [0, 0.1) is 0 Å². The average Bonchev–Trinajstić information content (AvgIpc) is 2.94. The molecule has 19 heavy (non-hydrogen) atoms. The van der Waals surface area contributed by atoms with Crippen LogP contribution in [-0.2, 0) is 6.42 Å². The van der Waals surface area contributed by atoms with E-state index in [1.54, 1.807) is 11.3 Å². The van der Waals surface area contributed by atoms with Crippen LogP contribution in [0.3, 0.4) is 0 Å². The molecule has 3 rings (SSSR count). The third-order valence-corrected chi connectivity index (χ3v) is 4.29. The zero-order valence-corrected chi connectivity index (χ0v) is 12.2. The Morgan fingerprint density at radius 2 is 2.16 bits per heavy atom. The second-order valence-corrected chi connectivity index (χ2v) is 5.88. The number of unbranched alkanes of at least 4 members (excludes halogenated alkanes) is 1. The first kappa shape index (κ1) is 12.6. The van der Waals surface area contributed by atoms with E-state index in [2.05, 4.69) is 17.0 Å². The molecule has 0 bridgehead atoms. The van der Waals surface area contributed by atoms with E-state index in [0.717, 1.165) is 32.7 Å². The summed E-state index contributed by atoms with van der Waals surface area (Å²) >= 11 is 7.84. The largest absolute Gasteiger partial charge is 0.217 e. The van der Waals surface area contributed by atoms with E-state index < -0.39 is 0 Å². The van der Waals surface area contributed by atoms with Crippen LogP contribution in [0.15, 0.2) is 30.5 Å².